The summed E-state index contributed by atoms with van der Waals surface area (Å²) in [4.78, 5) is 0. The van der Waals surface area contributed by atoms with E-state index in [1.54, 1.807) is 0 Å². The molecule has 7 heteroatoms. The van der Waals surface area contributed by atoms with Crippen molar-refractivity contribution < 1.29 is 13.4 Å². The minimum absolute atomic E-state index is 0.713. The minimum Gasteiger partial charge on any atom is -0.281 e. The van der Waals surface area contributed by atoms with E-state index < -0.39 is 13.1 Å². The highest BCUT2D eigenvalue weighted by molar-refractivity contribution is 8.61. The van der Waals surface area contributed by atoms with E-state index in [2.05, 4.69) is 0 Å². The van der Waals surface area contributed by atoms with E-state index in [4.69, 9.17) is 4.31 Å². The van der Waals surface area contributed by atoms with Crippen molar-refractivity contribution in [3.8, 4) is 0 Å². The third-order valence-electron chi connectivity index (χ3n) is 1.02. The van der Waals surface area contributed by atoms with Gasteiger partial charge in [-0.3, -0.25) is 13.4 Å². The number of rotatable bonds is 6. The quantitative estimate of drug-likeness (QED) is 0.672. The van der Waals surface area contributed by atoms with E-state index in [-0.39, 0.29) is 0 Å². The summed E-state index contributed by atoms with van der Waals surface area (Å²) in [6, 6.07) is 0. The van der Waals surface area contributed by atoms with E-state index in [0.29, 0.717) is 11.5 Å². The molecule has 0 aliphatic carbocycles. The Morgan fingerprint density at radius 1 is 1.00 bits per heavy atom. The van der Waals surface area contributed by atoms with Gasteiger partial charge in [-0.2, -0.15) is 0 Å². The lowest BCUT2D eigenvalue weighted by Crippen LogP contribution is -1.82. The molecule has 0 rings (SSSR count). The Bertz CT molecular complexity index is 220. The van der Waals surface area contributed by atoms with Gasteiger partial charge in [0.05, 0.1) is 0 Å². The summed E-state index contributed by atoms with van der Waals surface area (Å²) in [5.74, 6) is 1.43. The van der Waals surface area contributed by atoms with Crippen LogP contribution in [0.2, 0.25) is 0 Å². The molecular weight excluding hydrogens is 246 g/mol. The van der Waals surface area contributed by atoms with Crippen LogP contribution in [0.3, 0.4) is 0 Å². The molecule has 0 aromatic carbocycles. The van der Waals surface area contributed by atoms with Gasteiger partial charge in [-0.15, -0.1) is 0 Å². The standard InChI is InChI=1S/C6H16O3P2S2/c1-5-12-10(3,7)9-11(4,8)13-6-2/h5-6H2,1-4H3. The average molecular weight is 262 g/mol. The Kier molecular flexibility index (Phi) is 6.38. The summed E-state index contributed by atoms with van der Waals surface area (Å²) in [6.45, 7) is 1.42. The second-order valence-electron chi connectivity index (χ2n) is 2.46. The summed E-state index contributed by atoms with van der Waals surface area (Å²) in [5.41, 5.74) is 0. The van der Waals surface area contributed by atoms with Crippen LogP contribution in [0.4, 0.5) is 0 Å². The van der Waals surface area contributed by atoms with Gasteiger partial charge in [0, 0.05) is 13.3 Å². The topological polar surface area (TPSA) is 43.4 Å². The normalized spacial score (nSPS) is 20.6. The molecule has 0 spiro atoms. The summed E-state index contributed by atoms with van der Waals surface area (Å²) in [7, 11) is 0. The maximum absolute atomic E-state index is 11.7. The summed E-state index contributed by atoms with van der Waals surface area (Å²) in [6.07, 6.45) is 0. The first-order valence-corrected chi connectivity index (χ1v) is 11.3. The molecule has 0 heterocycles. The maximum Gasteiger partial charge on any atom is 0.260 e. The van der Waals surface area contributed by atoms with E-state index in [1.807, 2.05) is 13.8 Å². The molecule has 0 N–H and O–H groups in total. The molecule has 13 heavy (non-hydrogen) atoms. The zero-order valence-corrected chi connectivity index (χ0v) is 11.8. The van der Waals surface area contributed by atoms with Gasteiger partial charge < -0.3 is 0 Å². The molecule has 3 nitrogen and oxygen atoms in total. The highest BCUT2D eigenvalue weighted by Crippen LogP contribution is 2.71. The van der Waals surface area contributed by atoms with Gasteiger partial charge in [0.2, 0.25) is 0 Å². The zero-order valence-electron chi connectivity index (χ0n) is 8.35. The molecule has 0 aliphatic rings. The lowest BCUT2D eigenvalue weighted by Gasteiger charge is -2.17. The Labute approximate surface area is 88.2 Å². The van der Waals surface area contributed by atoms with E-state index in [0.717, 1.165) is 0 Å². The number of hydrogen-bond donors (Lipinski definition) is 0. The zero-order chi connectivity index (χ0) is 10.5. The largest absolute Gasteiger partial charge is 0.281 e. The fourth-order valence-electron chi connectivity index (χ4n) is 0.786. The Hall–Kier alpha value is 1.12. The van der Waals surface area contributed by atoms with Crippen LogP contribution in [-0.4, -0.2) is 24.8 Å². The third-order valence-corrected chi connectivity index (χ3v) is 10.4. The van der Waals surface area contributed by atoms with Crippen LogP contribution in [-0.2, 0) is 13.4 Å². The van der Waals surface area contributed by atoms with E-state index >= 15 is 0 Å². The molecule has 0 aromatic heterocycles. The first kappa shape index (κ1) is 14.1. The average Bonchev–Trinajstić information content (AvgIpc) is 1.82. The Morgan fingerprint density at radius 2 is 1.31 bits per heavy atom. The number of hydrogen-bond acceptors (Lipinski definition) is 5. The van der Waals surface area contributed by atoms with Crippen LogP contribution in [0.15, 0.2) is 0 Å². The minimum atomic E-state index is -2.71. The second kappa shape index (κ2) is 5.87. The lowest BCUT2D eigenvalue weighted by molar-refractivity contribution is 0.488. The van der Waals surface area contributed by atoms with Crippen molar-refractivity contribution >= 4 is 35.9 Å². The van der Waals surface area contributed by atoms with Crippen LogP contribution in [0.1, 0.15) is 13.8 Å². The van der Waals surface area contributed by atoms with Crippen molar-refractivity contribution in [2.24, 2.45) is 0 Å². The molecule has 0 amide bonds. The first-order chi connectivity index (χ1) is 5.83. The molecule has 0 fully saturated rings. The van der Waals surface area contributed by atoms with Gasteiger partial charge >= 0.3 is 0 Å². The molecule has 80 valence electrons. The predicted octanol–water partition coefficient (Wildman–Crippen LogP) is 4.16. The molecule has 0 aromatic rings. The van der Waals surface area contributed by atoms with E-state index in [9.17, 15) is 9.13 Å². The molecule has 0 saturated heterocycles. The summed E-state index contributed by atoms with van der Waals surface area (Å²) in [5, 5.41) is 0. The van der Waals surface area contributed by atoms with Crippen LogP contribution in [0, 0.1) is 0 Å². The fourth-order valence-corrected chi connectivity index (χ4v) is 10.6. The van der Waals surface area contributed by atoms with Crippen LogP contribution in [0.25, 0.3) is 0 Å². The van der Waals surface area contributed by atoms with Crippen molar-refractivity contribution in [1.29, 1.82) is 0 Å². The molecule has 0 aliphatic heterocycles. The molecule has 0 radical (unpaired) electrons. The Morgan fingerprint density at radius 3 is 1.54 bits per heavy atom. The summed E-state index contributed by atoms with van der Waals surface area (Å²) < 4.78 is 28.5. The smallest absolute Gasteiger partial charge is 0.260 e. The summed E-state index contributed by atoms with van der Waals surface area (Å²) >= 11 is 2.47. The molecular formula is C6H16O3P2S2. The first-order valence-electron chi connectivity index (χ1n) is 3.98. The van der Waals surface area contributed by atoms with Crippen molar-refractivity contribution in [1.82, 2.24) is 0 Å². The van der Waals surface area contributed by atoms with Crippen molar-refractivity contribution in [2.45, 2.75) is 13.8 Å². The van der Waals surface area contributed by atoms with Gasteiger partial charge in [0.15, 0.2) is 0 Å². The van der Waals surface area contributed by atoms with Crippen LogP contribution < -0.4 is 0 Å². The molecule has 2 unspecified atom stereocenters. The molecule has 0 saturated carbocycles. The third kappa shape index (κ3) is 7.10. The SMILES string of the molecule is CCSP(C)(=O)OP(C)(=O)SCC. The van der Waals surface area contributed by atoms with Crippen molar-refractivity contribution in [3.05, 3.63) is 0 Å². The molecule has 0 bridgehead atoms. The van der Waals surface area contributed by atoms with E-state index in [1.165, 1.54) is 36.1 Å². The van der Waals surface area contributed by atoms with Gasteiger partial charge in [0.25, 0.3) is 13.1 Å². The van der Waals surface area contributed by atoms with Gasteiger partial charge in [0.1, 0.15) is 0 Å². The fraction of sp³-hybridized carbons (Fsp3) is 1.00. The highest BCUT2D eigenvalue weighted by atomic mass is 32.8. The predicted molar refractivity (Wildman–Crippen MR) is 64.4 cm³/mol. The lowest BCUT2D eigenvalue weighted by atomic mass is 11.0. The highest BCUT2D eigenvalue weighted by Gasteiger charge is 2.27. The van der Waals surface area contributed by atoms with Crippen LogP contribution >= 0.6 is 35.9 Å². The maximum atomic E-state index is 11.7. The van der Waals surface area contributed by atoms with Gasteiger partial charge in [-0.05, 0) is 11.5 Å². The van der Waals surface area contributed by atoms with Gasteiger partial charge in [-0.1, -0.05) is 36.6 Å². The van der Waals surface area contributed by atoms with Gasteiger partial charge in [-0.25, -0.2) is 0 Å². The second-order valence-corrected chi connectivity index (χ2v) is 13.4. The van der Waals surface area contributed by atoms with Crippen LogP contribution in [0.5, 0.6) is 0 Å². The monoisotopic (exact) mass is 262 g/mol. The van der Waals surface area contributed by atoms with Crippen molar-refractivity contribution in [3.63, 3.8) is 0 Å². The Balaban J connectivity index is 4.25. The van der Waals surface area contributed by atoms with Crippen molar-refractivity contribution in [2.75, 3.05) is 24.8 Å². The molecule has 2 atom stereocenters.